The number of hydrogen-bond acceptors (Lipinski definition) is 3. The molecule has 5 nitrogen and oxygen atoms in total. The van der Waals surface area contributed by atoms with Crippen LogP contribution in [0.25, 0.3) is 5.69 Å². The number of carbonyl (C=O) groups is 1. The van der Waals surface area contributed by atoms with Crippen LogP contribution in [0.1, 0.15) is 29.5 Å². The molecule has 0 unspecified atom stereocenters. The molecule has 94 valence electrons. The molecule has 0 aliphatic carbocycles. The molecule has 18 heavy (non-hydrogen) atoms. The number of nitrogens with two attached hydrogens (primary N) is 1. The number of nitrogens with zero attached hydrogens (tertiary/aromatic N) is 2. The fourth-order valence-corrected chi connectivity index (χ4v) is 1.95. The molecular weight excluding hydrogens is 230 g/mol. The van der Waals surface area contributed by atoms with Gasteiger partial charge in [0.05, 0.1) is 16.9 Å². The van der Waals surface area contributed by atoms with E-state index in [0.29, 0.717) is 11.4 Å². The molecule has 0 saturated carbocycles. The minimum absolute atomic E-state index is 0.186. The smallest absolute Gasteiger partial charge is 0.337 e. The van der Waals surface area contributed by atoms with Gasteiger partial charge < -0.3 is 15.4 Å². The van der Waals surface area contributed by atoms with E-state index in [0.717, 1.165) is 18.7 Å². The van der Waals surface area contributed by atoms with Gasteiger partial charge in [0.2, 0.25) is 0 Å². The second kappa shape index (κ2) is 4.91. The van der Waals surface area contributed by atoms with E-state index >= 15 is 0 Å². The summed E-state index contributed by atoms with van der Waals surface area (Å²) in [5.41, 5.74) is 7.02. The number of aromatic nitrogens is 2. The first-order chi connectivity index (χ1) is 8.65. The van der Waals surface area contributed by atoms with Crippen LogP contribution in [0.2, 0.25) is 0 Å². The van der Waals surface area contributed by atoms with Gasteiger partial charge in [0, 0.05) is 18.8 Å². The molecule has 2 rings (SSSR count). The number of nitrogen functional groups attached to an aromatic ring is 1. The molecular formula is C13H15N3O2. The summed E-state index contributed by atoms with van der Waals surface area (Å²) in [6, 6.07) is 4.87. The molecule has 2 aromatic rings. The number of anilines is 1. The molecule has 0 bridgehead atoms. The van der Waals surface area contributed by atoms with Crippen molar-refractivity contribution in [3.05, 3.63) is 42.0 Å². The highest BCUT2D eigenvalue weighted by atomic mass is 16.4. The van der Waals surface area contributed by atoms with Crippen molar-refractivity contribution in [2.45, 2.75) is 19.8 Å². The summed E-state index contributed by atoms with van der Waals surface area (Å²) in [5, 5.41) is 9.22. The molecule has 0 radical (unpaired) electrons. The standard InChI is InChI=1S/C13H15N3O2/c1-2-4-11-15-7-8-16(11)12-9(13(17)18)5-3-6-10(12)14/h3,5-8H,2,4,14H2,1H3,(H,17,18). The second-order valence-corrected chi connectivity index (χ2v) is 4.01. The molecule has 5 heteroatoms. The van der Waals surface area contributed by atoms with Crippen molar-refractivity contribution >= 4 is 11.7 Å². The van der Waals surface area contributed by atoms with E-state index in [2.05, 4.69) is 4.98 Å². The summed E-state index contributed by atoms with van der Waals surface area (Å²) in [6.07, 6.45) is 5.11. The van der Waals surface area contributed by atoms with Crippen LogP contribution < -0.4 is 5.73 Å². The number of benzene rings is 1. The molecule has 1 aromatic heterocycles. The van der Waals surface area contributed by atoms with Crippen molar-refractivity contribution in [1.82, 2.24) is 9.55 Å². The summed E-state index contributed by atoms with van der Waals surface area (Å²) in [6.45, 7) is 2.05. The van der Waals surface area contributed by atoms with Gasteiger partial charge in [-0.2, -0.15) is 0 Å². The van der Waals surface area contributed by atoms with E-state index in [1.165, 1.54) is 0 Å². The zero-order chi connectivity index (χ0) is 13.1. The van der Waals surface area contributed by atoms with Gasteiger partial charge >= 0.3 is 5.97 Å². The maximum Gasteiger partial charge on any atom is 0.337 e. The Hall–Kier alpha value is -2.30. The highest BCUT2D eigenvalue weighted by molar-refractivity contribution is 5.94. The van der Waals surface area contributed by atoms with Gasteiger partial charge in [0.15, 0.2) is 0 Å². The Bertz CT molecular complexity index is 575. The predicted octanol–water partition coefficient (Wildman–Crippen LogP) is 2.11. The maximum absolute atomic E-state index is 11.2. The van der Waals surface area contributed by atoms with Crippen molar-refractivity contribution in [1.29, 1.82) is 0 Å². The average molecular weight is 245 g/mol. The highest BCUT2D eigenvalue weighted by Gasteiger charge is 2.16. The first-order valence-electron chi connectivity index (χ1n) is 5.79. The fourth-order valence-electron chi connectivity index (χ4n) is 1.95. The van der Waals surface area contributed by atoms with Crippen molar-refractivity contribution < 1.29 is 9.90 Å². The Morgan fingerprint density at radius 1 is 1.50 bits per heavy atom. The molecule has 3 N–H and O–H groups in total. The Balaban J connectivity index is 2.62. The Morgan fingerprint density at radius 3 is 2.94 bits per heavy atom. The summed E-state index contributed by atoms with van der Waals surface area (Å²) in [7, 11) is 0. The zero-order valence-corrected chi connectivity index (χ0v) is 10.1. The summed E-state index contributed by atoms with van der Waals surface area (Å²) >= 11 is 0. The molecule has 0 aliphatic heterocycles. The van der Waals surface area contributed by atoms with E-state index < -0.39 is 5.97 Å². The Labute approximate surface area is 105 Å². The van der Waals surface area contributed by atoms with E-state index in [4.69, 9.17) is 5.73 Å². The second-order valence-electron chi connectivity index (χ2n) is 4.01. The Kier molecular flexibility index (Phi) is 3.32. The number of hydrogen-bond donors (Lipinski definition) is 2. The van der Waals surface area contributed by atoms with Gasteiger partial charge in [0.1, 0.15) is 5.82 Å². The molecule has 0 aliphatic rings. The third-order valence-electron chi connectivity index (χ3n) is 2.73. The van der Waals surface area contributed by atoms with Gasteiger partial charge in [-0.15, -0.1) is 0 Å². The van der Waals surface area contributed by atoms with Gasteiger partial charge in [-0.1, -0.05) is 13.0 Å². The van der Waals surface area contributed by atoms with Crippen molar-refractivity contribution in [2.24, 2.45) is 0 Å². The van der Waals surface area contributed by atoms with E-state index in [9.17, 15) is 9.90 Å². The van der Waals surface area contributed by atoms with Crippen molar-refractivity contribution in [3.8, 4) is 5.69 Å². The molecule has 1 aromatic carbocycles. The predicted molar refractivity (Wildman–Crippen MR) is 68.9 cm³/mol. The number of carboxylic acids is 1. The first kappa shape index (κ1) is 12.2. The summed E-state index contributed by atoms with van der Waals surface area (Å²) < 4.78 is 1.75. The average Bonchev–Trinajstić information content (AvgIpc) is 2.77. The van der Waals surface area contributed by atoms with Crippen LogP contribution in [-0.2, 0) is 6.42 Å². The number of aryl methyl sites for hydroxylation is 1. The van der Waals surface area contributed by atoms with Crippen LogP contribution >= 0.6 is 0 Å². The fraction of sp³-hybridized carbons (Fsp3) is 0.231. The molecule has 0 fully saturated rings. The monoisotopic (exact) mass is 245 g/mol. The minimum Gasteiger partial charge on any atom is -0.478 e. The SMILES string of the molecule is CCCc1nccn1-c1c(N)cccc1C(=O)O. The van der Waals surface area contributed by atoms with E-state index in [1.54, 1.807) is 35.2 Å². The quantitative estimate of drug-likeness (QED) is 0.808. The van der Waals surface area contributed by atoms with Gasteiger partial charge in [-0.25, -0.2) is 9.78 Å². The van der Waals surface area contributed by atoms with Crippen LogP contribution in [0.5, 0.6) is 0 Å². The lowest BCUT2D eigenvalue weighted by Gasteiger charge is -2.13. The molecule has 0 atom stereocenters. The van der Waals surface area contributed by atoms with Crippen molar-refractivity contribution in [2.75, 3.05) is 5.73 Å². The Morgan fingerprint density at radius 2 is 2.28 bits per heavy atom. The summed E-state index contributed by atoms with van der Waals surface area (Å²) in [4.78, 5) is 15.5. The highest BCUT2D eigenvalue weighted by Crippen LogP contribution is 2.23. The van der Waals surface area contributed by atoms with Gasteiger partial charge in [-0.05, 0) is 18.6 Å². The molecule has 0 saturated heterocycles. The van der Waals surface area contributed by atoms with Crippen LogP contribution in [0.15, 0.2) is 30.6 Å². The molecule has 0 spiro atoms. The van der Waals surface area contributed by atoms with Crippen LogP contribution in [0.4, 0.5) is 5.69 Å². The van der Waals surface area contributed by atoms with E-state index in [-0.39, 0.29) is 5.56 Å². The zero-order valence-electron chi connectivity index (χ0n) is 10.1. The summed E-state index contributed by atoms with van der Waals surface area (Å²) in [5.74, 6) is -0.175. The van der Waals surface area contributed by atoms with Crippen molar-refractivity contribution in [3.63, 3.8) is 0 Å². The minimum atomic E-state index is -0.992. The third-order valence-corrected chi connectivity index (χ3v) is 2.73. The van der Waals surface area contributed by atoms with Crippen LogP contribution in [-0.4, -0.2) is 20.6 Å². The first-order valence-corrected chi connectivity index (χ1v) is 5.79. The van der Waals surface area contributed by atoms with Crippen LogP contribution in [0, 0.1) is 0 Å². The topological polar surface area (TPSA) is 81.1 Å². The van der Waals surface area contributed by atoms with E-state index in [1.807, 2.05) is 6.92 Å². The lowest BCUT2D eigenvalue weighted by atomic mass is 10.1. The number of aromatic carboxylic acids is 1. The number of imidazole rings is 1. The lowest BCUT2D eigenvalue weighted by Crippen LogP contribution is -2.10. The maximum atomic E-state index is 11.2. The van der Waals surface area contributed by atoms with Gasteiger partial charge in [-0.3, -0.25) is 0 Å². The number of rotatable bonds is 4. The third kappa shape index (κ3) is 2.07. The molecule has 0 amide bonds. The van der Waals surface area contributed by atoms with Gasteiger partial charge in [0.25, 0.3) is 0 Å². The number of carboxylic acid groups (broad SMARTS) is 1. The number of para-hydroxylation sites is 1. The molecule has 1 heterocycles. The largest absolute Gasteiger partial charge is 0.478 e. The lowest BCUT2D eigenvalue weighted by molar-refractivity contribution is 0.0697. The van der Waals surface area contributed by atoms with Crippen LogP contribution in [0.3, 0.4) is 0 Å². The normalized spacial score (nSPS) is 10.5.